The van der Waals surface area contributed by atoms with Crippen molar-refractivity contribution in [1.82, 2.24) is 15.1 Å². The molecule has 0 radical (unpaired) electrons. The predicted octanol–water partition coefficient (Wildman–Crippen LogP) is 4.70. The number of carboxylic acids is 1. The second kappa shape index (κ2) is 10.1. The molecule has 2 aromatic rings. The predicted molar refractivity (Wildman–Crippen MR) is 128 cm³/mol. The van der Waals surface area contributed by atoms with E-state index in [-0.39, 0.29) is 11.9 Å². The van der Waals surface area contributed by atoms with Gasteiger partial charge < -0.3 is 10.4 Å². The fourth-order valence-corrected chi connectivity index (χ4v) is 6.01. The highest BCUT2D eigenvalue weighted by Crippen LogP contribution is 2.37. The van der Waals surface area contributed by atoms with E-state index in [4.69, 9.17) is 5.10 Å². The number of carbonyl (C=O) groups excluding carboxylic acids is 1. The summed E-state index contributed by atoms with van der Waals surface area (Å²) in [7, 11) is 0. The van der Waals surface area contributed by atoms with Gasteiger partial charge in [0.1, 0.15) is 0 Å². The zero-order chi connectivity index (χ0) is 23.5. The third-order valence-electron chi connectivity index (χ3n) is 7.95. The van der Waals surface area contributed by atoms with Crippen LogP contribution in [0, 0.1) is 23.7 Å². The fraction of sp³-hybridized carbons (Fsp3) is 0.593. The van der Waals surface area contributed by atoms with Gasteiger partial charge >= 0.3 is 5.97 Å². The number of benzene rings is 1. The van der Waals surface area contributed by atoms with Gasteiger partial charge in [-0.1, -0.05) is 63.9 Å². The van der Waals surface area contributed by atoms with E-state index < -0.39 is 11.9 Å². The van der Waals surface area contributed by atoms with Crippen LogP contribution in [0.5, 0.6) is 0 Å². The van der Waals surface area contributed by atoms with Gasteiger partial charge in [0.05, 0.1) is 12.5 Å². The van der Waals surface area contributed by atoms with Gasteiger partial charge in [-0.3, -0.25) is 14.3 Å². The van der Waals surface area contributed by atoms with Crippen molar-refractivity contribution in [2.45, 2.75) is 78.3 Å². The average Bonchev–Trinajstić information content (AvgIpc) is 3.18. The number of amides is 1. The summed E-state index contributed by atoms with van der Waals surface area (Å²) in [6.07, 6.45) is 6.12. The third-order valence-corrected chi connectivity index (χ3v) is 7.95. The molecule has 2 N–H and O–H groups in total. The molecule has 178 valence electrons. The Balaban J connectivity index is 1.62. The summed E-state index contributed by atoms with van der Waals surface area (Å²) in [4.78, 5) is 25.3. The summed E-state index contributed by atoms with van der Waals surface area (Å²) < 4.78 is 1.92. The second-order valence-electron chi connectivity index (χ2n) is 10.1. The van der Waals surface area contributed by atoms with Crippen LogP contribution in [0.2, 0.25) is 0 Å². The molecule has 0 saturated heterocycles. The molecule has 0 bridgehead atoms. The molecule has 33 heavy (non-hydrogen) atoms. The number of aromatic nitrogens is 2. The average molecular weight is 452 g/mol. The van der Waals surface area contributed by atoms with Crippen LogP contribution >= 0.6 is 0 Å². The van der Waals surface area contributed by atoms with Gasteiger partial charge in [0.2, 0.25) is 0 Å². The van der Waals surface area contributed by atoms with Crippen molar-refractivity contribution in [2.75, 3.05) is 0 Å². The number of aliphatic carboxylic acids is 1. The molecule has 0 spiro atoms. The van der Waals surface area contributed by atoms with Crippen molar-refractivity contribution in [3.05, 3.63) is 52.8 Å². The number of hydrogen-bond donors (Lipinski definition) is 2. The summed E-state index contributed by atoms with van der Waals surface area (Å²) in [6.45, 7) is 7.30. The van der Waals surface area contributed by atoms with Crippen LogP contribution in [0.25, 0.3) is 0 Å². The third kappa shape index (κ3) is 4.99. The number of carboxylic acid groups (broad SMARTS) is 1. The number of fused-ring (bicyclic) bond motifs is 1. The van der Waals surface area contributed by atoms with Gasteiger partial charge in [-0.25, -0.2) is 0 Å². The highest BCUT2D eigenvalue weighted by atomic mass is 16.4. The van der Waals surface area contributed by atoms with Crippen molar-refractivity contribution in [1.29, 1.82) is 0 Å². The van der Waals surface area contributed by atoms with Crippen LogP contribution in [-0.2, 0) is 24.2 Å². The molecule has 6 heteroatoms. The lowest BCUT2D eigenvalue weighted by atomic mass is 9.70. The van der Waals surface area contributed by atoms with Crippen molar-refractivity contribution < 1.29 is 14.7 Å². The Morgan fingerprint density at radius 2 is 1.91 bits per heavy atom. The molecule has 1 heterocycles. The first-order valence-corrected chi connectivity index (χ1v) is 12.6. The van der Waals surface area contributed by atoms with Gasteiger partial charge in [-0.15, -0.1) is 0 Å². The number of nitrogens with one attached hydrogen (secondary N) is 1. The Labute approximate surface area is 196 Å². The smallest absolute Gasteiger partial charge is 0.306 e. The van der Waals surface area contributed by atoms with Crippen LogP contribution in [0.15, 0.2) is 30.3 Å². The van der Waals surface area contributed by atoms with E-state index in [1.165, 1.54) is 6.42 Å². The molecule has 6 nitrogen and oxygen atoms in total. The molecule has 2 aliphatic carbocycles. The lowest BCUT2D eigenvalue weighted by Crippen LogP contribution is -2.48. The summed E-state index contributed by atoms with van der Waals surface area (Å²) in [5.41, 5.74) is 3.38. The minimum absolute atomic E-state index is 0.138. The lowest BCUT2D eigenvalue weighted by molar-refractivity contribution is -0.142. The number of hydrogen-bond acceptors (Lipinski definition) is 3. The molecule has 1 aromatic carbocycles. The van der Waals surface area contributed by atoms with Gasteiger partial charge in [-0.05, 0) is 55.4 Å². The topological polar surface area (TPSA) is 84.2 Å². The van der Waals surface area contributed by atoms with Crippen molar-refractivity contribution >= 4 is 11.9 Å². The molecule has 1 aromatic heterocycles. The first kappa shape index (κ1) is 23.5. The molecule has 5 unspecified atom stereocenters. The van der Waals surface area contributed by atoms with Crippen molar-refractivity contribution in [3.63, 3.8) is 0 Å². The van der Waals surface area contributed by atoms with Crippen molar-refractivity contribution in [3.8, 4) is 0 Å². The number of rotatable bonds is 7. The molecule has 1 saturated carbocycles. The van der Waals surface area contributed by atoms with Gasteiger partial charge in [-0.2, -0.15) is 5.10 Å². The minimum Gasteiger partial charge on any atom is -0.481 e. The van der Waals surface area contributed by atoms with E-state index in [1.807, 2.05) is 22.9 Å². The van der Waals surface area contributed by atoms with E-state index in [2.05, 4.69) is 38.2 Å². The quantitative estimate of drug-likeness (QED) is 0.639. The Morgan fingerprint density at radius 3 is 2.58 bits per heavy atom. The van der Waals surface area contributed by atoms with Crippen LogP contribution in [0.1, 0.15) is 80.2 Å². The van der Waals surface area contributed by atoms with Gasteiger partial charge in [0, 0.05) is 17.3 Å². The Kier molecular flexibility index (Phi) is 7.20. The molecule has 4 rings (SSSR count). The standard InChI is InChI=1S/C27H37N3O3/c1-4-18-13-17(3)24(20(5-2)14-18)28-26(31)25-22-15-21(27(32)33)11-12-23(22)30(29-25)16-19-9-7-6-8-10-19/h6-10,17-18,20-21,24H,4-5,11-16H2,1-3H3,(H,28,31)(H,32,33). The fourth-order valence-electron chi connectivity index (χ4n) is 6.01. The number of carbonyl (C=O) groups is 2. The largest absolute Gasteiger partial charge is 0.481 e. The maximum atomic E-state index is 13.6. The Bertz CT molecular complexity index is 984. The van der Waals surface area contributed by atoms with E-state index in [1.54, 1.807) is 0 Å². The van der Waals surface area contributed by atoms with Crippen LogP contribution in [-0.4, -0.2) is 32.8 Å². The molecule has 5 atom stereocenters. The van der Waals surface area contributed by atoms with E-state index in [9.17, 15) is 14.7 Å². The summed E-state index contributed by atoms with van der Waals surface area (Å²) >= 11 is 0. The maximum absolute atomic E-state index is 13.6. The molecule has 2 aliphatic rings. The molecular formula is C27H37N3O3. The van der Waals surface area contributed by atoms with Crippen molar-refractivity contribution in [2.24, 2.45) is 23.7 Å². The summed E-state index contributed by atoms with van der Waals surface area (Å²) in [5.74, 6) is 0.228. The van der Waals surface area contributed by atoms with Crippen LogP contribution in [0.3, 0.4) is 0 Å². The molecule has 1 amide bonds. The monoisotopic (exact) mass is 451 g/mol. The molecule has 1 fully saturated rings. The zero-order valence-corrected chi connectivity index (χ0v) is 20.1. The van der Waals surface area contributed by atoms with Gasteiger partial charge in [0.25, 0.3) is 5.91 Å². The first-order chi connectivity index (χ1) is 15.9. The molecular weight excluding hydrogens is 414 g/mol. The SMILES string of the molecule is CCC1CC(C)C(NC(=O)c2nn(Cc3ccccc3)c3c2CC(C(=O)O)CC3)C(CC)C1. The van der Waals surface area contributed by atoms with Crippen LogP contribution < -0.4 is 5.32 Å². The zero-order valence-electron chi connectivity index (χ0n) is 20.1. The van der Waals surface area contributed by atoms with Gasteiger partial charge in [0.15, 0.2) is 5.69 Å². The van der Waals surface area contributed by atoms with Crippen LogP contribution in [0.4, 0.5) is 0 Å². The summed E-state index contributed by atoms with van der Waals surface area (Å²) in [5, 5.41) is 17.7. The first-order valence-electron chi connectivity index (χ1n) is 12.6. The normalized spacial score (nSPS) is 27.1. The number of nitrogens with zero attached hydrogens (tertiary/aromatic N) is 2. The summed E-state index contributed by atoms with van der Waals surface area (Å²) in [6, 6.07) is 10.2. The molecule has 0 aliphatic heterocycles. The van der Waals surface area contributed by atoms with E-state index in [0.29, 0.717) is 43.3 Å². The van der Waals surface area contributed by atoms with E-state index in [0.717, 1.165) is 42.0 Å². The Hall–Kier alpha value is -2.63. The highest BCUT2D eigenvalue weighted by Gasteiger charge is 2.37. The minimum atomic E-state index is -0.791. The lowest BCUT2D eigenvalue weighted by Gasteiger charge is -2.40. The second-order valence-corrected chi connectivity index (χ2v) is 10.1. The van der Waals surface area contributed by atoms with E-state index >= 15 is 0 Å². The maximum Gasteiger partial charge on any atom is 0.306 e. The Morgan fingerprint density at radius 1 is 1.15 bits per heavy atom. The highest BCUT2D eigenvalue weighted by molar-refractivity contribution is 5.94.